The molecule has 0 aliphatic heterocycles. The van der Waals surface area contributed by atoms with Crippen LogP contribution in [-0.2, 0) is 10.0 Å². The standard InChI is InChI=1S/C10H12F3NO3S/c1-7(14-18(15,16)10(11,12)13)8-5-3-4-6-9(8)17-2/h3-7,14H,1-2H3/t7-/m1/s1. The molecule has 0 amide bonds. The van der Waals surface area contributed by atoms with Gasteiger partial charge < -0.3 is 4.74 Å². The number of hydrogen-bond donors (Lipinski definition) is 1. The van der Waals surface area contributed by atoms with Crippen LogP contribution in [-0.4, -0.2) is 21.0 Å². The van der Waals surface area contributed by atoms with E-state index < -0.39 is 21.6 Å². The molecule has 18 heavy (non-hydrogen) atoms. The van der Waals surface area contributed by atoms with Crippen molar-refractivity contribution in [1.29, 1.82) is 0 Å². The van der Waals surface area contributed by atoms with Gasteiger partial charge in [0.2, 0.25) is 0 Å². The molecular weight excluding hydrogens is 271 g/mol. The molecule has 0 bridgehead atoms. The number of hydrogen-bond acceptors (Lipinski definition) is 3. The monoisotopic (exact) mass is 283 g/mol. The number of alkyl halides is 3. The highest BCUT2D eigenvalue weighted by atomic mass is 32.2. The van der Waals surface area contributed by atoms with E-state index in [1.54, 1.807) is 16.9 Å². The van der Waals surface area contributed by atoms with Gasteiger partial charge in [0.25, 0.3) is 0 Å². The van der Waals surface area contributed by atoms with Crippen molar-refractivity contribution in [3.63, 3.8) is 0 Å². The summed E-state index contributed by atoms with van der Waals surface area (Å²) in [4.78, 5) is 0. The number of methoxy groups -OCH3 is 1. The fourth-order valence-electron chi connectivity index (χ4n) is 1.39. The molecule has 4 nitrogen and oxygen atoms in total. The molecule has 1 N–H and O–H groups in total. The van der Waals surface area contributed by atoms with Crippen molar-refractivity contribution < 1.29 is 26.3 Å². The van der Waals surface area contributed by atoms with Gasteiger partial charge in [0, 0.05) is 11.6 Å². The Kier molecular flexibility index (Phi) is 4.23. The Morgan fingerprint density at radius 2 is 1.83 bits per heavy atom. The minimum Gasteiger partial charge on any atom is -0.496 e. The smallest absolute Gasteiger partial charge is 0.496 e. The van der Waals surface area contributed by atoms with E-state index in [2.05, 4.69) is 0 Å². The summed E-state index contributed by atoms with van der Waals surface area (Å²) in [5, 5.41) is 0. The summed E-state index contributed by atoms with van der Waals surface area (Å²) in [6.45, 7) is 1.31. The van der Waals surface area contributed by atoms with Crippen molar-refractivity contribution in [2.24, 2.45) is 0 Å². The van der Waals surface area contributed by atoms with Gasteiger partial charge in [-0.15, -0.1) is 0 Å². The summed E-state index contributed by atoms with van der Waals surface area (Å²) in [5.74, 6) is 0.315. The van der Waals surface area contributed by atoms with Crippen molar-refractivity contribution in [2.45, 2.75) is 18.5 Å². The van der Waals surface area contributed by atoms with E-state index in [4.69, 9.17) is 4.74 Å². The Morgan fingerprint density at radius 3 is 2.33 bits per heavy atom. The highest BCUT2D eigenvalue weighted by Gasteiger charge is 2.46. The lowest BCUT2D eigenvalue weighted by Crippen LogP contribution is -2.38. The third-order valence-corrected chi connectivity index (χ3v) is 3.52. The minimum atomic E-state index is -5.38. The van der Waals surface area contributed by atoms with Crippen LogP contribution >= 0.6 is 0 Å². The van der Waals surface area contributed by atoms with Crippen molar-refractivity contribution in [3.8, 4) is 5.75 Å². The summed E-state index contributed by atoms with van der Waals surface area (Å²) >= 11 is 0. The fraction of sp³-hybridized carbons (Fsp3) is 0.400. The van der Waals surface area contributed by atoms with E-state index >= 15 is 0 Å². The molecule has 0 saturated carbocycles. The Labute approximate surface area is 103 Å². The highest BCUT2D eigenvalue weighted by Crippen LogP contribution is 2.28. The van der Waals surface area contributed by atoms with Crippen LogP contribution in [0.5, 0.6) is 5.75 Å². The average Bonchev–Trinajstić information content (AvgIpc) is 2.26. The third-order valence-electron chi connectivity index (χ3n) is 2.24. The molecule has 0 fully saturated rings. The van der Waals surface area contributed by atoms with Gasteiger partial charge >= 0.3 is 15.5 Å². The molecule has 0 spiro atoms. The zero-order valence-corrected chi connectivity index (χ0v) is 10.5. The van der Waals surface area contributed by atoms with Crippen LogP contribution in [0.4, 0.5) is 13.2 Å². The molecule has 1 aromatic rings. The van der Waals surface area contributed by atoms with E-state index in [0.717, 1.165) is 0 Å². The molecule has 0 heterocycles. The van der Waals surface area contributed by atoms with Crippen molar-refractivity contribution >= 4 is 10.0 Å². The van der Waals surface area contributed by atoms with Gasteiger partial charge in [-0.3, -0.25) is 0 Å². The predicted molar refractivity (Wildman–Crippen MR) is 59.5 cm³/mol. The van der Waals surface area contributed by atoms with Crippen LogP contribution in [0.25, 0.3) is 0 Å². The summed E-state index contributed by atoms with van der Waals surface area (Å²) in [5.41, 5.74) is -5.00. The largest absolute Gasteiger partial charge is 0.511 e. The first-order valence-electron chi connectivity index (χ1n) is 4.90. The molecule has 0 aromatic heterocycles. The van der Waals surface area contributed by atoms with Crippen molar-refractivity contribution in [2.75, 3.05) is 7.11 Å². The van der Waals surface area contributed by atoms with E-state index in [1.165, 1.54) is 26.2 Å². The van der Waals surface area contributed by atoms with Crippen LogP contribution in [0.1, 0.15) is 18.5 Å². The maximum absolute atomic E-state index is 12.2. The van der Waals surface area contributed by atoms with Crippen LogP contribution in [0.2, 0.25) is 0 Å². The summed E-state index contributed by atoms with van der Waals surface area (Å²) in [6, 6.07) is 5.19. The average molecular weight is 283 g/mol. The number of sulfonamides is 1. The lowest BCUT2D eigenvalue weighted by molar-refractivity contribution is -0.0450. The van der Waals surface area contributed by atoms with Gasteiger partial charge in [-0.2, -0.15) is 13.2 Å². The third kappa shape index (κ3) is 3.14. The Balaban J connectivity index is 3.00. The van der Waals surface area contributed by atoms with Gasteiger partial charge in [0.1, 0.15) is 5.75 Å². The first kappa shape index (κ1) is 14.8. The second kappa shape index (κ2) is 5.15. The second-order valence-electron chi connectivity index (χ2n) is 3.53. The van der Waals surface area contributed by atoms with Crippen LogP contribution in [0, 0.1) is 0 Å². The Bertz CT molecular complexity index is 513. The normalized spacial score (nSPS) is 14.3. The second-order valence-corrected chi connectivity index (χ2v) is 5.24. The first-order chi connectivity index (χ1) is 8.19. The Hall–Kier alpha value is -1.28. The molecular formula is C10H12F3NO3S. The number of benzene rings is 1. The number of para-hydroxylation sites is 1. The quantitative estimate of drug-likeness (QED) is 0.921. The fourth-order valence-corrected chi connectivity index (χ4v) is 2.11. The number of rotatable bonds is 4. The number of halogens is 3. The van der Waals surface area contributed by atoms with E-state index in [9.17, 15) is 21.6 Å². The van der Waals surface area contributed by atoms with Gasteiger partial charge in [-0.1, -0.05) is 18.2 Å². The van der Waals surface area contributed by atoms with Crippen molar-refractivity contribution in [1.82, 2.24) is 4.72 Å². The summed E-state index contributed by atoms with van der Waals surface area (Å²) in [6.07, 6.45) is 0. The zero-order valence-electron chi connectivity index (χ0n) is 9.65. The minimum absolute atomic E-state index is 0.315. The molecule has 0 unspecified atom stereocenters. The molecule has 0 radical (unpaired) electrons. The molecule has 1 rings (SSSR count). The maximum atomic E-state index is 12.2. The maximum Gasteiger partial charge on any atom is 0.511 e. The van der Waals surface area contributed by atoms with Gasteiger partial charge in [-0.25, -0.2) is 13.1 Å². The molecule has 102 valence electrons. The van der Waals surface area contributed by atoms with Gasteiger partial charge in [0.05, 0.1) is 7.11 Å². The van der Waals surface area contributed by atoms with Gasteiger partial charge in [-0.05, 0) is 13.0 Å². The number of nitrogens with one attached hydrogen (secondary N) is 1. The van der Waals surface area contributed by atoms with Crippen LogP contribution in [0.3, 0.4) is 0 Å². The molecule has 1 atom stereocenters. The van der Waals surface area contributed by atoms with E-state index in [1.807, 2.05) is 0 Å². The lowest BCUT2D eigenvalue weighted by atomic mass is 10.1. The molecule has 0 saturated heterocycles. The summed E-state index contributed by atoms with van der Waals surface area (Å²) in [7, 11) is -4.02. The van der Waals surface area contributed by atoms with E-state index in [0.29, 0.717) is 11.3 Å². The highest BCUT2D eigenvalue weighted by molar-refractivity contribution is 7.90. The molecule has 8 heteroatoms. The zero-order chi connectivity index (χ0) is 14.0. The van der Waals surface area contributed by atoms with E-state index in [-0.39, 0.29) is 0 Å². The molecule has 0 aliphatic carbocycles. The SMILES string of the molecule is COc1ccccc1[C@@H](C)NS(=O)(=O)C(F)(F)F. The van der Waals surface area contributed by atoms with Crippen LogP contribution in [0.15, 0.2) is 24.3 Å². The summed E-state index contributed by atoms with van der Waals surface area (Å²) < 4.78 is 65.1. The molecule has 0 aliphatic rings. The molecule has 1 aromatic carbocycles. The number of ether oxygens (including phenoxy) is 1. The van der Waals surface area contributed by atoms with Crippen molar-refractivity contribution in [3.05, 3.63) is 29.8 Å². The Morgan fingerprint density at radius 1 is 1.28 bits per heavy atom. The topological polar surface area (TPSA) is 55.4 Å². The first-order valence-corrected chi connectivity index (χ1v) is 6.39. The lowest BCUT2D eigenvalue weighted by Gasteiger charge is -2.18. The van der Waals surface area contributed by atoms with Gasteiger partial charge in [0.15, 0.2) is 0 Å². The predicted octanol–water partition coefficient (Wildman–Crippen LogP) is 2.20. The van der Waals surface area contributed by atoms with Crippen LogP contribution < -0.4 is 9.46 Å².